The average Bonchev–Trinajstić information content (AvgIpc) is 3.35. The number of aromatic nitrogens is 3. The van der Waals surface area contributed by atoms with E-state index in [1.54, 1.807) is 0 Å². The maximum absolute atomic E-state index is 13.5. The second kappa shape index (κ2) is 8.77. The second-order valence-corrected chi connectivity index (χ2v) is 10.8. The van der Waals surface area contributed by atoms with E-state index in [2.05, 4.69) is 61.8 Å². The van der Waals surface area contributed by atoms with E-state index in [-0.39, 0.29) is 11.7 Å². The zero-order valence-corrected chi connectivity index (χ0v) is 22.7. The van der Waals surface area contributed by atoms with Crippen molar-refractivity contribution in [3.05, 3.63) is 104 Å². The van der Waals surface area contributed by atoms with E-state index < -0.39 is 0 Å². The molecule has 3 heterocycles. The second-order valence-electron chi connectivity index (χ2n) is 10.4. The molecular formula is C31H31ClN4O. The molecule has 0 amide bonds. The number of Topliss-reactive ketones (excluding diaryl/α,β-unsaturated/α-hetero) is 1. The van der Waals surface area contributed by atoms with Crippen LogP contribution in [0.4, 0.5) is 5.82 Å². The summed E-state index contributed by atoms with van der Waals surface area (Å²) < 4.78 is 4.25. The lowest BCUT2D eigenvalue weighted by Crippen LogP contribution is -2.27. The number of carbonyl (C=O) groups is 1. The third-order valence-corrected chi connectivity index (χ3v) is 8.23. The Morgan fingerprint density at radius 3 is 2.51 bits per heavy atom. The number of nitrogens with zero attached hydrogens (tertiary/aromatic N) is 3. The molecule has 6 rings (SSSR count). The summed E-state index contributed by atoms with van der Waals surface area (Å²) in [5, 5.41) is 9.25. The predicted molar refractivity (Wildman–Crippen MR) is 149 cm³/mol. The third-order valence-electron chi connectivity index (χ3n) is 7.99. The molecule has 0 saturated carbocycles. The number of hydrogen-bond donors (Lipinski definition) is 1. The highest BCUT2D eigenvalue weighted by atomic mass is 35.5. The molecule has 6 heteroatoms. The molecule has 1 unspecified atom stereocenters. The maximum Gasteiger partial charge on any atom is 0.161 e. The molecule has 0 saturated heterocycles. The van der Waals surface area contributed by atoms with Crippen LogP contribution in [0.3, 0.4) is 0 Å². The molecule has 2 aromatic carbocycles. The van der Waals surface area contributed by atoms with Gasteiger partial charge in [-0.2, -0.15) is 5.10 Å². The third kappa shape index (κ3) is 3.75. The van der Waals surface area contributed by atoms with Gasteiger partial charge in [-0.05, 0) is 101 Å². The summed E-state index contributed by atoms with van der Waals surface area (Å²) in [6, 6.07) is 16.6. The van der Waals surface area contributed by atoms with Crippen molar-refractivity contribution < 1.29 is 4.79 Å². The normalized spacial score (nSPS) is 17.0. The molecule has 1 aliphatic carbocycles. The van der Waals surface area contributed by atoms with Crippen molar-refractivity contribution in [2.45, 2.75) is 59.8 Å². The highest BCUT2D eigenvalue weighted by Crippen LogP contribution is 2.48. The van der Waals surface area contributed by atoms with E-state index in [1.807, 2.05) is 35.9 Å². The number of nitrogens with one attached hydrogen (secondary N) is 1. The number of hydrogen-bond acceptors (Lipinski definition) is 3. The fourth-order valence-corrected chi connectivity index (χ4v) is 6.25. The topological polar surface area (TPSA) is 51.9 Å². The van der Waals surface area contributed by atoms with Crippen LogP contribution in [0.25, 0.3) is 11.4 Å². The first kappa shape index (κ1) is 23.8. The van der Waals surface area contributed by atoms with Gasteiger partial charge in [0.15, 0.2) is 5.78 Å². The molecule has 1 aliphatic heterocycles. The predicted octanol–water partition coefficient (Wildman–Crippen LogP) is 7.42. The minimum Gasteiger partial charge on any atom is -0.343 e. The number of anilines is 1. The Hall–Kier alpha value is -3.57. The van der Waals surface area contributed by atoms with E-state index in [4.69, 9.17) is 16.7 Å². The van der Waals surface area contributed by atoms with Gasteiger partial charge in [0.05, 0.1) is 11.4 Å². The number of rotatable bonds is 3. The highest BCUT2D eigenvalue weighted by molar-refractivity contribution is 6.30. The first-order valence-corrected chi connectivity index (χ1v) is 13.3. The van der Waals surface area contributed by atoms with Crippen molar-refractivity contribution in [3.63, 3.8) is 0 Å². The van der Waals surface area contributed by atoms with Crippen LogP contribution in [0.1, 0.15) is 64.5 Å². The van der Waals surface area contributed by atoms with Gasteiger partial charge in [-0.3, -0.25) is 4.79 Å². The van der Waals surface area contributed by atoms with Gasteiger partial charge in [-0.1, -0.05) is 23.7 Å². The van der Waals surface area contributed by atoms with Crippen LogP contribution in [0.2, 0.25) is 5.02 Å². The van der Waals surface area contributed by atoms with Gasteiger partial charge in [0.25, 0.3) is 0 Å². The molecule has 4 aromatic rings. The monoisotopic (exact) mass is 510 g/mol. The minimum atomic E-state index is -0.168. The van der Waals surface area contributed by atoms with Gasteiger partial charge >= 0.3 is 0 Å². The van der Waals surface area contributed by atoms with Crippen LogP contribution in [0.5, 0.6) is 0 Å². The van der Waals surface area contributed by atoms with E-state index in [9.17, 15) is 4.79 Å². The van der Waals surface area contributed by atoms with Crippen LogP contribution < -0.4 is 5.32 Å². The van der Waals surface area contributed by atoms with Gasteiger partial charge in [-0.25, -0.2) is 4.68 Å². The number of fused-ring (bicyclic) bond motifs is 1. The Labute approximate surface area is 222 Å². The molecule has 37 heavy (non-hydrogen) atoms. The average molecular weight is 511 g/mol. The Bertz CT molecular complexity index is 1620. The first-order valence-electron chi connectivity index (χ1n) is 12.9. The van der Waals surface area contributed by atoms with Crippen LogP contribution in [0.15, 0.2) is 59.8 Å². The fourth-order valence-electron chi connectivity index (χ4n) is 6.07. The summed E-state index contributed by atoms with van der Waals surface area (Å²) in [6.45, 7) is 10.6. The van der Waals surface area contributed by atoms with Crippen LogP contribution in [0, 0.1) is 34.6 Å². The molecule has 1 atom stereocenters. The summed E-state index contributed by atoms with van der Waals surface area (Å²) in [7, 11) is 0. The number of halogens is 1. The summed E-state index contributed by atoms with van der Waals surface area (Å²) in [4.78, 5) is 13.5. The summed E-state index contributed by atoms with van der Waals surface area (Å²) in [6.07, 6.45) is 2.30. The molecule has 0 bridgehead atoms. The molecular weight excluding hydrogens is 480 g/mol. The van der Waals surface area contributed by atoms with Crippen LogP contribution in [-0.4, -0.2) is 20.1 Å². The quantitative estimate of drug-likeness (QED) is 0.312. The van der Waals surface area contributed by atoms with Crippen LogP contribution >= 0.6 is 11.6 Å². The van der Waals surface area contributed by atoms with Crippen molar-refractivity contribution >= 4 is 23.2 Å². The molecule has 0 spiro atoms. The number of benzene rings is 2. The zero-order chi connectivity index (χ0) is 26.0. The van der Waals surface area contributed by atoms with Gasteiger partial charge < -0.3 is 9.88 Å². The van der Waals surface area contributed by atoms with E-state index in [1.165, 1.54) is 11.1 Å². The minimum absolute atomic E-state index is 0.168. The Morgan fingerprint density at radius 1 is 0.946 bits per heavy atom. The van der Waals surface area contributed by atoms with Crippen molar-refractivity contribution in [3.8, 4) is 11.4 Å². The lowest BCUT2D eigenvalue weighted by Gasteiger charge is -2.33. The number of ketones is 1. The Kier molecular flexibility index (Phi) is 5.64. The number of aryl methyl sites for hydroxylation is 4. The highest BCUT2D eigenvalue weighted by Gasteiger charge is 2.40. The van der Waals surface area contributed by atoms with E-state index >= 15 is 0 Å². The Morgan fingerprint density at radius 2 is 1.76 bits per heavy atom. The van der Waals surface area contributed by atoms with Crippen molar-refractivity contribution in [1.82, 2.24) is 14.3 Å². The summed E-state index contributed by atoms with van der Waals surface area (Å²) >= 11 is 6.34. The van der Waals surface area contributed by atoms with Gasteiger partial charge in [0.2, 0.25) is 0 Å². The SMILES string of the molecule is Cc1ccc(-n2c(C)cc(C3C4=C(CCCC4=O)Nc4c3c(C)nn4-c3cccc(Cl)c3)c2C)cc1C. The van der Waals surface area contributed by atoms with E-state index in [0.717, 1.165) is 69.5 Å². The Balaban J connectivity index is 1.59. The van der Waals surface area contributed by atoms with Gasteiger partial charge in [-0.15, -0.1) is 0 Å². The van der Waals surface area contributed by atoms with E-state index in [0.29, 0.717) is 11.4 Å². The van der Waals surface area contributed by atoms with Crippen LogP contribution in [-0.2, 0) is 4.79 Å². The fraction of sp³-hybridized carbons (Fsp3) is 0.290. The molecule has 188 valence electrons. The molecule has 0 radical (unpaired) electrons. The lowest BCUT2D eigenvalue weighted by atomic mass is 9.76. The zero-order valence-electron chi connectivity index (χ0n) is 21.9. The first-order chi connectivity index (χ1) is 17.7. The molecule has 2 aliphatic rings. The molecule has 2 aromatic heterocycles. The van der Waals surface area contributed by atoms with Crippen molar-refractivity contribution in [1.29, 1.82) is 0 Å². The van der Waals surface area contributed by atoms with Crippen molar-refractivity contribution in [2.75, 3.05) is 5.32 Å². The largest absolute Gasteiger partial charge is 0.343 e. The lowest BCUT2D eigenvalue weighted by molar-refractivity contribution is -0.116. The number of carbonyl (C=O) groups excluding carboxylic acids is 1. The smallest absolute Gasteiger partial charge is 0.161 e. The summed E-state index contributed by atoms with van der Waals surface area (Å²) in [5.41, 5.74) is 11.9. The van der Waals surface area contributed by atoms with Gasteiger partial charge in [0.1, 0.15) is 5.82 Å². The molecule has 5 nitrogen and oxygen atoms in total. The van der Waals surface area contributed by atoms with Gasteiger partial charge in [0, 0.05) is 51.3 Å². The molecule has 1 N–H and O–H groups in total. The number of allylic oxidation sites excluding steroid dienone is 2. The standard InChI is InChI=1S/C31H31ClN4O/c1-17-12-13-23(14-18(17)2)35-19(3)15-25(21(35)5)29-28-20(4)34-36(24-9-6-8-22(32)16-24)31(28)33-26-10-7-11-27(37)30(26)29/h6,8-9,12-16,29,33H,7,10-11H2,1-5H3. The molecule has 0 fully saturated rings. The maximum atomic E-state index is 13.5. The summed E-state index contributed by atoms with van der Waals surface area (Å²) in [5.74, 6) is 0.989. The van der Waals surface area contributed by atoms with Crippen molar-refractivity contribution in [2.24, 2.45) is 0 Å².